The maximum atomic E-state index is 5.73. The summed E-state index contributed by atoms with van der Waals surface area (Å²) in [6.07, 6.45) is 10.2. The van der Waals surface area contributed by atoms with Crippen LogP contribution in [0.4, 0.5) is 0 Å². The Morgan fingerprint density at radius 1 is 1.22 bits per heavy atom. The highest BCUT2D eigenvalue weighted by molar-refractivity contribution is 5.85. The number of rotatable bonds is 3. The molecule has 0 aromatic rings. The predicted molar refractivity (Wildman–Crippen MR) is 74.4 cm³/mol. The lowest BCUT2D eigenvalue weighted by molar-refractivity contribution is 0.0983. The lowest BCUT2D eigenvalue weighted by atomic mass is 9.98. The first-order chi connectivity index (χ1) is 8.85. The van der Waals surface area contributed by atoms with Crippen LogP contribution in [0.15, 0.2) is 4.99 Å². The zero-order valence-corrected chi connectivity index (χ0v) is 11.5. The van der Waals surface area contributed by atoms with Gasteiger partial charge >= 0.3 is 0 Å². The van der Waals surface area contributed by atoms with Gasteiger partial charge in [0.15, 0.2) is 0 Å². The first kappa shape index (κ1) is 13.8. The van der Waals surface area contributed by atoms with E-state index >= 15 is 0 Å². The molecule has 1 saturated carbocycles. The van der Waals surface area contributed by atoms with Gasteiger partial charge in [-0.1, -0.05) is 32.6 Å². The van der Waals surface area contributed by atoms with Crippen molar-refractivity contribution in [3.63, 3.8) is 0 Å². The van der Waals surface area contributed by atoms with Crippen LogP contribution in [0.25, 0.3) is 0 Å². The highest BCUT2D eigenvalue weighted by Gasteiger charge is 2.31. The Hall–Kier alpha value is -0.610. The molecule has 0 bridgehead atoms. The third-order valence-corrected chi connectivity index (χ3v) is 4.26. The summed E-state index contributed by atoms with van der Waals surface area (Å²) in [6, 6.07) is 0.469. The monoisotopic (exact) mass is 253 g/mol. The maximum absolute atomic E-state index is 5.73. The highest BCUT2D eigenvalue weighted by Crippen LogP contribution is 2.26. The summed E-state index contributed by atoms with van der Waals surface area (Å²) in [5.41, 5.74) is 2.85. The molecule has 1 aliphatic heterocycles. The minimum Gasteiger partial charge on any atom is -0.377 e. The molecule has 104 valence electrons. The molecule has 0 radical (unpaired) electrons. The van der Waals surface area contributed by atoms with E-state index in [9.17, 15) is 0 Å². The molecule has 0 aromatic heterocycles. The number of amidine groups is 1. The van der Waals surface area contributed by atoms with Crippen LogP contribution in [0.3, 0.4) is 0 Å². The normalized spacial score (nSPS) is 31.3. The van der Waals surface area contributed by atoms with Crippen LogP contribution >= 0.6 is 0 Å². The third kappa shape index (κ3) is 3.45. The molecule has 2 aliphatic rings. The molecule has 2 fully saturated rings. The van der Waals surface area contributed by atoms with Gasteiger partial charge in [-0.3, -0.25) is 4.99 Å². The Bertz CT molecular complexity index is 272. The van der Waals surface area contributed by atoms with Gasteiger partial charge in [-0.25, -0.2) is 5.84 Å². The van der Waals surface area contributed by atoms with E-state index in [4.69, 9.17) is 15.6 Å². The molecule has 2 atom stereocenters. The van der Waals surface area contributed by atoms with Gasteiger partial charge in [0, 0.05) is 12.5 Å². The minimum absolute atomic E-state index is 0.297. The molecule has 4 nitrogen and oxygen atoms in total. The molecule has 0 aromatic carbocycles. The summed E-state index contributed by atoms with van der Waals surface area (Å²) in [5.74, 6) is 7.05. The van der Waals surface area contributed by atoms with Gasteiger partial charge in [-0.2, -0.15) is 0 Å². The van der Waals surface area contributed by atoms with Crippen LogP contribution in [0.2, 0.25) is 0 Å². The first-order valence-corrected chi connectivity index (χ1v) is 7.51. The van der Waals surface area contributed by atoms with Crippen molar-refractivity contribution in [2.45, 2.75) is 70.4 Å². The molecule has 2 unspecified atom stereocenters. The van der Waals surface area contributed by atoms with Crippen LogP contribution in [-0.2, 0) is 4.74 Å². The number of aliphatic imine (C=N–C) groups is 1. The van der Waals surface area contributed by atoms with E-state index in [2.05, 4.69) is 12.3 Å². The molecule has 1 saturated heterocycles. The van der Waals surface area contributed by atoms with E-state index in [1.165, 1.54) is 38.5 Å². The SMILES string of the molecule is CCC1OCCC1C(=NC1CCCCCC1)NN. The molecule has 3 N–H and O–H groups in total. The van der Waals surface area contributed by atoms with Gasteiger partial charge in [0.05, 0.1) is 12.1 Å². The Morgan fingerprint density at radius 2 is 1.94 bits per heavy atom. The third-order valence-electron chi connectivity index (χ3n) is 4.26. The van der Waals surface area contributed by atoms with Crippen molar-refractivity contribution in [1.82, 2.24) is 5.43 Å². The van der Waals surface area contributed by atoms with E-state index in [0.29, 0.717) is 18.1 Å². The highest BCUT2D eigenvalue weighted by atomic mass is 16.5. The molecular formula is C14H27N3O. The van der Waals surface area contributed by atoms with Crippen molar-refractivity contribution in [2.75, 3.05) is 6.61 Å². The van der Waals surface area contributed by atoms with Crippen LogP contribution in [0, 0.1) is 5.92 Å². The van der Waals surface area contributed by atoms with Crippen LogP contribution in [-0.4, -0.2) is 24.6 Å². The number of nitrogens with one attached hydrogen (secondary N) is 1. The Labute approximate surface area is 110 Å². The van der Waals surface area contributed by atoms with Crippen molar-refractivity contribution >= 4 is 5.84 Å². The van der Waals surface area contributed by atoms with E-state index < -0.39 is 0 Å². The fourth-order valence-electron chi connectivity index (χ4n) is 3.19. The maximum Gasteiger partial charge on any atom is 0.116 e. The lowest BCUT2D eigenvalue weighted by Gasteiger charge is -2.21. The van der Waals surface area contributed by atoms with Gasteiger partial charge in [0.25, 0.3) is 0 Å². The minimum atomic E-state index is 0.297. The average molecular weight is 253 g/mol. The number of hydrazine groups is 1. The molecule has 2 rings (SSSR count). The number of ether oxygens (including phenoxy) is 1. The largest absolute Gasteiger partial charge is 0.377 e. The van der Waals surface area contributed by atoms with E-state index in [0.717, 1.165) is 25.3 Å². The summed E-state index contributed by atoms with van der Waals surface area (Å²) in [5, 5.41) is 0. The molecule has 0 amide bonds. The number of nitrogens with two attached hydrogens (primary N) is 1. The standard InChI is InChI=1S/C14H27N3O/c1-2-13-12(9-10-18-13)14(17-15)16-11-7-5-3-4-6-8-11/h11-13H,2-10,15H2,1H3,(H,16,17). The van der Waals surface area contributed by atoms with Gasteiger partial charge in [0.1, 0.15) is 5.84 Å². The van der Waals surface area contributed by atoms with Crippen molar-refractivity contribution in [2.24, 2.45) is 16.8 Å². The van der Waals surface area contributed by atoms with Crippen molar-refractivity contribution in [3.05, 3.63) is 0 Å². The molecule has 18 heavy (non-hydrogen) atoms. The van der Waals surface area contributed by atoms with Gasteiger partial charge in [-0.05, 0) is 25.7 Å². The Balaban J connectivity index is 2.01. The van der Waals surface area contributed by atoms with E-state index in [1.807, 2.05) is 0 Å². The van der Waals surface area contributed by atoms with E-state index in [1.54, 1.807) is 0 Å². The summed E-state index contributed by atoms with van der Waals surface area (Å²) < 4.78 is 5.73. The van der Waals surface area contributed by atoms with Crippen LogP contribution in [0.5, 0.6) is 0 Å². The molecular weight excluding hydrogens is 226 g/mol. The smallest absolute Gasteiger partial charge is 0.116 e. The Kier molecular flexibility index (Phi) is 5.45. The van der Waals surface area contributed by atoms with Gasteiger partial charge in [-0.15, -0.1) is 0 Å². The van der Waals surface area contributed by atoms with Crippen molar-refractivity contribution in [1.29, 1.82) is 0 Å². The van der Waals surface area contributed by atoms with Crippen molar-refractivity contribution < 1.29 is 4.74 Å². The molecule has 4 heteroatoms. The van der Waals surface area contributed by atoms with Crippen molar-refractivity contribution in [3.8, 4) is 0 Å². The lowest BCUT2D eigenvalue weighted by Crippen LogP contribution is -2.40. The van der Waals surface area contributed by atoms with Gasteiger partial charge < -0.3 is 10.2 Å². The predicted octanol–water partition coefficient (Wildman–Crippen LogP) is 2.39. The summed E-state index contributed by atoms with van der Waals surface area (Å²) >= 11 is 0. The number of hydrogen-bond donors (Lipinski definition) is 2. The first-order valence-electron chi connectivity index (χ1n) is 7.51. The summed E-state index contributed by atoms with van der Waals surface area (Å²) in [6.45, 7) is 3.01. The second kappa shape index (κ2) is 7.10. The molecule has 1 aliphatic carbocycles. The number of nitrogens with zero attached hydrogens (tertiary/aromatic N) is 1. The summed E-state index contributed by atoms with van der Waals surface area (Å²) in [7, 11) is 0. The van der Waals surface area contributed by atoms with E-state index in [-0.39, 0.29) is 0 Å². The van der Waals surface area contributed by atoms with Gasteiger partial charge in [0.2, 0.25) is 0 Å². The molecule has 0 spiro atoms. The number of hydrogen-bond acceptors (Lipinski definition) is 3. The second-order valence-corrected chi connectivity index (χ2v) is 5.52. The average Bonchev–Trinajstić information content (AvgIpc) is 2.72. The second-order valence-electron chi connectivity index (χ2n) is 5.52. The summed E-state index contributed by atoms with van der Waals surface area (Å²) in [4.78, 5) is 4.89. The zero-order valence-electron chi connectivity index (χ0n) is 11.5. The quantitative estimate of drug-likeness (QED) is 0.267. The fraction of sp³-hybridized carbons (Fsp3) is 0.929. The topological polar surface area (TPSA) is 59.6 Å². The zero-order chi connectivity index (χ0) is 12.8. The van der Waals surface area contributed by atoms with Crippen LogP contribution in [0.1, 0.15) is 58.3 Å². The molecule has 1 heterocycles. The Morgan fingerprint density at radius 3 is 2.56 bits per heavy atom. The fourth-order valence-corrected chi connectivity index (χ4v) is 3.19. The van der Waals surface area contributed by atoms with Crippen LogP contribution < -0.4 is 11.3 Å².